The molecule has 0 saturated heterocycles. The van der Waals surface area contributed by atoms with Crippen molar-refractivity contribution in [3.05, 3.63) is 44.9 Å². The lowest BCUT2D eigenvalue weighted by atomic mass is 10.3. The molecule has 0 fully saturated rings. The van der Waals surface area contributed by atoms with Gasteiger partial charge in [0.2, 0.25) is 4.20 Å². The highest BCUT2D eigenvalue weighted by molar-refractivity contribution is 9.12. The molecule has 3 rings (SSSR count). The number of halogens is 4. The van der Waals surface area contributed by atoms with E-state index < -0.39 is 11.9 Å². The molecule has 0 aliphatic heterocycles. The lowest BCUT2D eigenvalue weighted by molar-refractivity contribution is -0.285. The molecule has 0 aliphatic carbocycles. The highest BCUT2D eigenvalue weighted by Crippen LogP contribution is 2.52. The molecule has 1 aromatic carbocycles. The fourth-order valence-electron chi connectivity index (χ4n) is 2.36. The van der Waals surface area contributed by atoms with Crippen LogP contribution in [0.15, 0.2) is 29.0 Å². The largest absolute Gasteiger partial charge is 0.495 e. The first kappa shape index (κ1) is 23.3. The summed E-state index contributed by atoms with van der Waals surface area (Å²) >= 11 is 11.8. The van der Waals surface area contributed by atoms with Gasteiger partial charge < -0.3 is 15.0 Å². The number of aromatic amines is 1. The van der Waals surface area contributed by atoms with Crippen molar-refractivity contribution in [3.63, 3.8) is 0 Å². The first-order valence-corrected chi connectivity index (χ1v) is 11.3. The van der Waals surface area contributed by atoms with Crippen LogP contribution in [-0.2, 0) is 4.20 Å². The summed E-state index contributed by atoms with van der Waals surface area (Å²) in [5.41, 5.74) is 7.25. The van der Waals surface area contributed by atoms with E-state index in [-0.39, 0.29) is 41.0 Å². The minimum atomic E-state index is -2.60. The van der Waals surface area contributed by atoms with E-state index in [0.717, 1.165) is 0 Å². The van der Waals surface area contributed by atoms with Crippen LogP contribution in [0.2, 0.25) is 0 Å². The molecule has 2 aromatic heterocycles. The fourth-order valence-corrected chi connectivity index (χ4v) is 6.07. The van der Waals surface area contributed by atoms with Crippen molar-refractivity contribution in [3.8, 4) is 5.75 Å². The number of benzene rings is 1. The molecule has 16 heteroatoms. The molecule has 0 spiro atoms. The Hall–Kier alpha value is -1.39. The van der Waals surface area contributed by atoms with E-state index >= 15 is 0 Å². The molecule has 2 atom stereocenters. The van der Waals surface area contributed by atoms with Crippen LogP contribution in [0, 0.1) is 10.1 Å². The number of alkyl halides is 3. The third-order valence-corrected chi connectivity index (χ3v) is 6.84. The lowest BCUT2D eigenvalue weighted by Crippen LogP contribution is -2.35. The number of methoxy groups -OCH3 is 1. The van der Waals surface area contributed by atoms with Gasteiger partial charge in [0.25, 0.3) is 15.3 Å². The molecule has 30 heavy (non-hydrogen) atoms. The van der Waals surface area contributed by atoms with Gasteiger partial charge in [-0.2, -0.15) is 0 Å². The molecule has 0 bridgehead atoms. The Bertz CT molecular complexity index is 1100. The number of hydrogen-bond acceptors (Lipinski definition) is 10. The van der Waals surface area contributed by atoms with E-state index in [1.54, 1.807) is 18.2 Å². The normalized spacial score (nSPS) is 15.4. The maximum Gasteiger partial charge on any atom is 0.287 e. The zero-order valence-corrected chi connectivity index (χ0v) is 20.3. The molecule has 0 aliphatic rings. The minimum Gasteiger partial charge on any atom is -0.495 e. The molecule has 0 radical (unpaired) electrons. The Balaban J connectivity index is 2.13. The van der Waals surface area contributed by atoms with E-state index in [2.05, 4.69) is 57.1 Å². The number of hydrogen-bond donors (Lipinski definition) is 3. The van der Waals surface area contributed by atoms with Crippen LogP contribution < -0.4 is 15.8 Å². The summed E-state index contributed by atoms with van der Waals surface area (Å²) in [5, 5.41) is 14.2. The summed E-state index contributed by atoms with van der Waals surface area (Å²) < 4.78 is 14.5. The number of nitrogens with two attached hydrogens (primary N) is 1. The highest BCUT2D eigenvalue weighted by Gasteiger charge is 2.48. The average molecular weight is 604 g/mol. The zero-order chi connectivity index (χ0) is 22.1. The van der Waals surface area contributed by atoms with E-state index in [4.69, 9.17) is 22.1 Å². The minimum absolute atomic E-state index is 0.00571. The second-order valence-electron chi connectivity index (χ2n) is 5.47. The van der Waals surface area contributed by atoms with Crippen LogP contribution in [0.3, 0.4) is 0 Å². The van der Waals surface area contributed by atoms with Crippen LogP contribution in [-0.4, -0.2) is 34.7 Å². The molecule has 4 N–H and O–H groups in total. The van der Waals surface area contributed by atoms with Crippen LogP contribution in [0.25, 0.3) is 11.2 Å². The topological polar surface area (TPSA) is 145 Å². The number of rotatable bonds is 8. The summed E-state index contributed by atoms with van der Waals surface area (Å²) in [7, 11) is 1.52. The SMILES string of the molecule is COc1cccc(Nc2nc(C(N)(S[N+](=O)[O-])SC(F)(Cl)Br)nc3nc[nH]c23)c1Br. The molecule has 0 amide bonds. The number of H-pyrrole nitrogens is 1. The van der Waals surface area contributed by atoms with Gasteiger partial charge in [-0.25, -0.2) is 19.3 Å². The fraction of sp³-hybridized carbons (Fsp3) is 0.214. The number of nitro groups is 1. The standard InChI is InChI=1S/C14H11Br2ClFN7O3S2/c1-28-7-4-2-3-6(8(7)15)22-11-9-10(21-5-20-9)23-12(24-11)13(19,30-25(26)27)29-14(16,17)18/h2-5H,19H2,1H3,(H2,20,21,22,23,24). The van der Waals surface area contributed by atoms with Crippen molar-refractivity contribution in [1.82, 2.24) is 19.9 Å². The van der Waals surface area contributed by atoms with Crippen molar-refractivity contribution in [2.75, 3.05) is 12.4 Å². The number of nitrogens with zero attached hydrogens (tertiary/aromatic N) is 4. The van der Waals surface area contributed by atoms with Gasteiger partial charge in [0.15, 0.2) is 17.3 Å². The Kier molecular flexibility index (Phi) is 6.98. The Labute approximate surface area is 198 Å². The maximum atomic E-state index is 14.1. The summed E-state index contributed by atoms with van der Waals surface area (Å²) in [4.78, 5) is 26.6. The predicted molar refractivity (Wildman–Crippen MR) is 122 cm³/mol. The van der Waals surface area contributed by atoms with E-state index in [9.17, 15) is 14.5 Å². The van der Waals surface area contributed by atoms with Gasteiger partial charge in [-0.1, -0.05) is 17.7 Å². The Morgan fingerprint density at radius 1 is 1.47 bits per heavy atom. The summed E-state index contributed by atoms with van der Waals surface area (Å²) in [6, 6.07) is 5.25. The highest BCUT2D eigenvalue weighted by atomic mass is 79.9. The first-order valence-electron chi connectivity index (χ1n) is 7.73. The van der Waals surface area contributed by atoms with Gasteiger partial charge in [-0.15, -0.1) is 0 Å². The Morgan fingerprint density at radius 2 is 2.20 bits per heavy atom. The number of thioether (sulfide) groups is 1. The van der Waals surface area contributed by atoms with Gasteiger partial charge in [0.1, 0.15) is 15.6 Å². The third-order valence-electron chi connectivity index (χ3n) is 3.51. The van der Waals surface area contributed by atoms with E-state index in [0.29, 0.717) is 21.4 Å². The smallest absolute Gasteiger partial charge is 0.287 e. The van der Waals surface area contributed by atoms with Crippen molar-refractivity contribution >= 4 is 89.8 Å². The molecule has 2 heterocycles. The Morgan fingerprint density at radius 3 is 2.83 bits per heavy atom. The van der Waals surface area contributed by atoms with Crippen molar-refractivity contribution in [1.29, 1.82) is 0 Å². The number of ether oxygens (including phenoxy) is 1. The van der Waals surface area contributed by atoms with Gasteiger partial charge in [-0.05, 0) is 55.8 Å². The van der Waals surface area contributed by atoms with Crippen molar-refractivity contribution in [2.45, 2.75) is 7.57 Å². The molecule has 10 nitrogen and oxygen atoms in total. The number of aromatic nitrogens is 4. The van der Waals surface area contributed by atoms with Crippen molar-refractivity contribution < 1.29 is 13.5 Å². The summed E-state index contributed by atoms with van der Waals surface area (Å²) in [5.74, 6) is 0.498. The molecule has 0 saturated carbocycles. The molecule has 3 aromatic rings. The van der Waals surface area contributed by atoms with Gasteiger partial charge in [0, 0.05) is 0 Å². The molecule has 2 unspecified atom stereocenters. The van der Waals surface area contributed by atoms with Crippen LogP contribution in [0.1, 0.15) is 5.82 Å². The van der Waals surface area contributed by atoms with Gasteiger partial charge in [-0.3, -0.25) is 15.8 Å². The monoisotopic (exact) mass is 601 g/mol. The van der Waals surface area contributed by atoms with Gasteiger partial charge >= 0.3 is 0 Å². The quantitative estimate of drug-likeness (QED) is 0.108. The number of anilines is 2. The summed E-state index contributed by atoms with van der Waals surface area (Å²) in [6.45, 7) is 0. The van der Waals surface area contributed by atoms with E-state index in [1.165, 1.54) is 13.4 Å². The van der Waals surface area contributed by atoms with Crippen molar-refractivity contribution in [2.24, 2.45) is 5.73 Å². The summed E-state index contributed by atoms with van der Waals surface area (Å²) in [6.07, 6.45) is 1.37. The molecule has 160 valence electrons. The number of nitrogens with one attached hydrogen (secondary N) is 2. The zero-order valence-electron chi connectivity index (χ0n) is 14.7. The number of fused-ring (bicyclic) bond motifs is 1. The third kappa shape index (κ3) is 5.26. The maximum absolute atomic E-state index is 14.1. The molecular formula is C14H11Br2ClFN7O3S2. The number of imidazole rings is 1. The predicted octanol–water partition coefficient (Wildman–Crippen LogP) is 4.81. The average Bonchev–Trinajstić information content (AvgIpc) is 3.10. The first-order chi connectivity index (χ1) is 14.0. The van der Waals surface area contributed by atoms with Gasteiger partial charge in [0.05, 0.1) is 23.6 Å². The molecular weight excluding hydrogens is 593 g/mol. The second-order valence-corrected chi connectivity index (χ2v) is 11.9. The van der Waals surface area contributed by atoms with Crippen LogP contribution in [0.5, 0.6) is 5.75 Å². The van der Waals surface area contributed by atoms with Crippen LogP contribution in [0.4, 0.5) is 15.9 Å². The lowest BCUT2D eigenvalue weighted by Gasteiger charge is -2.24. The second kappa shape index (κ2) is 9.00. The van der Waals surface area contributed by atoms with Crippen LogP contribution >= 0.6 is 67.2 Å². The van der Waals surface area contributed by atoms with E-state index in [1.807, 2.05) is 0 Å².